The fourth-order valence-electron chi connectivity index (χ4n) is 4.70. The molecule has 2 saturated carbocycles. The molecular formula is C17H30O3. The SMILES string of the molecule is CC1CCC(O)(C(O)C2CCOC3(CCCC3)C2)CC1. The maximum Gasteiger partial charge on any atom is 0.0908 e. The Morgan fingerprint density at radius 1 is 1.05 bits per heavy atom. The molecule has 0 aromatic rings. The first-order valence-electron chi connectivity index (χ1n) is 8.57. The Hall–Kier alpha value is -0.120. The van der Waals surface area contributed by atoms with Crippen molar-refractivity contribution in [3.8, 4) is 0 Å². The van der Waals surface area contributed by atoms with Gasteiger partial charge in [0.05, 0.1) is 17.3 Å². The highest BCUT2D eigenvalue weighted by Crippen LogP contribution is 2.46. The summed E-state index contributed by atoms with van der Waals surface area (Å²) in [6, 6.07) is 0. The van der Waals surface area contributed by atoms with Gasteiger partial charge in [0.25, 0.3) is 0 Å². The monoisotopic (exact) mass is 282 g/mol. The Balaban J connectivity index is 1.65. The van der Waals surface area contributed by atoms with Crippen LogP contribution in [-0.2, 0) is 4.74 Å². The maximum absolute atomic E-state index is 10.9. The molecule has 3 heteroatoms. The molecule has 3 nitrogen and oxygen atoms in total. The molecule has 1 spiro atoms. The number of rotatable bonds is 2. The summed E-state index contributed by atoms with van der Waals surface area (Å²) in [5.74, 6) is 0.915. The van der Waals surface area contributed by atoms with Crippen molar-refractivity contribution in [1.29, 1.82) is 0 Å². The summed E-state index contributed by atoms with van der Waals surface area (Å²) in [4.78, 5) is 0. The van der Waals surface area contributed by atoms with Gasteiger partial charge in [0.15, 0.2) is 0 Å². The van der Waals surface area contributed by atoms with Gasteiger partial charge in [-0.05, 0) is 63.2 Å². The minimum atomic E-state index is -0.839. The Morgan fingerprint density at radius 2 is 1.70 bits per heavy atom. The molecule has 0 aromatic carbocycles. The maximum atomic E-state index is 10.9. The normalized spacial score (nSPS) is 42.8. The van der Waals surface area contributed by atoms with Crippen molar-refractivity contribution < 1.29 is 14.9 Å². The van der Waals surface area contributed by atoms with Gasteiger partial charge in [0, 0.05) is 6.61 Å². The van der Waals surface area contributed by atoms with E-state index in [2.05, 4.69) is 6.92 Å². The van der Waals surface area contributed by atoms with Crippen molar-refractivity contribution in [3.63, 3.8) is 0 Å². The number of aliphatic hydroxyl groups excluding tert-OH is 1. The van der Waals surface area contributed by atoms with Crippen LogP contribution in [-0.4, -0.2) is 34.1 Å². The van der Waals surface area contributed by atoms with Crippen molar-refractivity contribution in [2.24, 2.45) is 11.8 Å². The largest absolute Gasteiger partial charge is 0.390 e. The van der Waals surface area contributed by atoms with Crippen LogP contribution in [0.3, 0.4) is 0 Å². The van der Waals surface area contributed by atoms with Gasteiger partial charge in [0.2, 0.25) is 0 Å². The fraction of sp³-hybridized carbons (Fsp3) is 1.00. The zero-order valence-corrected chi connectivity index (χ0v) is 12.8. The quantitative estimate of drug-likeness (QED) is 0.818. The summed E-state index contributed by atoms with van der Waals surface area (Å²) >= 11 is 0. The fourth-order valence-corrected chi connectivity index (χ4v) is 4.70. The van der Waals surface area contributed by atoms with E-state index < -0.39 is 11.7 Å². The van der Waals surface area contributed by atoms with Gasteiger partial charge in [-0.1, -0.05) is 19.8 Å². The van der Waals surface area contributed by atoms with E-state index in [1.165, 1.54) is 12.8 Å². The lowest BCUT2D eigenvalue weighted by Gasteiger charge is -2.46. The van der Waals surface area contributed by atoms with Crippen LogP contribution in [0.5, 0.6) is 0 Å². The summed E-state index contributed by atoms with van der Waals surface area (Å²) in [7, 11) is 0. The third-order valence-electron chi connectivity index (χ3n) is 6.18. The van der Waals surface area contributed by atoms with E-state index in [-0.39, 0.29) is 11.5 Å². The molecule has 0 aromatic heterocycles. The van der Waals surface area contributed by atoms with Crippen LogP contribution >= 0.6 is 0 Å². The van der Waals surface area contributed by atoms with Crippen molar-refractivity contribution >= 4 is 0 Å². The third-order valence-corrected chi connectivity index (χ3v) is 6.18. The summed E-state index contributed by atoms with van der Waals surface area (Å²) in [6.07, 6.45) is 9.71. The van der Waals surface area contributed by atoms with E-state index in [1.54, 1.807) is 0 Å². The molecule has 2 N–H and O–H groups in total. The predicted molar refractivity (Wildman–Crippen MR) is 78.5 cm³/mol. The van der Waals surface area contributed by atoms with E-state index >= 15 is 0 Å². The topological polar surface area (TPSA) is 49.7 Å². The first-order valence-corrected chi connectivity index (χ1v) is 8.57. The number of aliphatic hydroxyl groups is 2. The summed E-state index contributed by atoms with van der Waals surface area (Å²) < 4.78 is 6.05. The van der Waals surface area contributed by atoms with Crippen LogP contribution in [0, 0.1) is 11.8 Å². The third kappa shape index (κ3) is 2.77. The summed E-state index contributed by atoms with van der Waals surface area (Å²) in [6.45, 7) is 3.00. The van der Waals surface area contributed by atoms with E-state index in [0.29, 0.717) is 5.92 Å². The Bertz CT molecular complexity index is 327. The van der Waals surface area contributed by atoms with Gasteiger partial charge >= 0.3 is 0 Å². The highest BCUT2D eigenvalue weighted by Gasteiger charge is 2.47. The molecule has 0 amide bonds. The first-order chi connectivity index (χ1) is 9.53. The van der Waals surface area contributed by atoms with E-state index in [0.717, 1.165) is 58.0 Å². The minimum absolute atomic E-state index is 0.0300. The van der Waals surface area contributed by atoms with Crippen LogP contribution in [0.2, 0.25) is 0 Å². The van der Waals surface area contributed by atoms with Gasteiger partial charge in [-0.2, -0.15) is 0 Å². The lowest BCUT2D eigenvalue weighted by atomic mass is 9.70. The zero-order chi connectivity index (χ0) is 14.2. The van der Waals surface area contributed by atoms with E-state index in [4.69, 9.17) is 4.74 Å². The average molecular weight is 282 g/mol. The van der Waals surface area contributed by atoms with Crippen molar-refractivity contribution in [3.05, 3.63) is 0 Å². The highest BCUT2D eigenvalue weighted by atomic mass is 16.5. The molecule has 0 bridgehead atoms. The van der Waals surface area contributed by atoms with Gasteiger partial charge in [-0.25, -0.2) is 0 Å². The van der Waals surface area contributed by atoms with Crippen LogP contribution in [0.4, 0.5) is 0 Å². The van der Waals surface area contributed by atoms with Gasteiger partial charge in [-0.15, -0.1) is 0 Å². The molecule has 3 fully saturated rings. The number of hydrogen-bond donors (Lipinski definition) is 2. The van der Waals surface area contributed by atoms with Gasteiger partial charge < -0.3 is 14.9 Å². The molecular weight excluding hydrogens is 252 g/mol. The molecule has 2 aliphatic carbocycles. The summed E-state index contributed by atoms with van der Waals surface area (Å²) in [5, 5.41) is 21.6. The molecule has 3 aliphatic rings. The smallest absolute Gasteiger partial charge is 0.0908 e. The lowest BCUT2D eigenvalue weighted by molar-refractivity contribution is -0.167. The zero-order valence-electron chi connectivity index (χ0n) is 12.8. The van der Waals surface area contributed by atoms with Gasteiger partial charge in [0.1, 0.15) is 0 Å². The number of hydrogen-bond acceptors (Lipinski definition) is 3. The van der Waals surface area contributed by atoms with Crippen molar-refractivity contribution in [2.45, 2.75) is 88.4 Å². The van der Waals surface area contributed by atoms with E-state index in [1.807, 2.05) is 0 Å². The number of ether oxygens (including phenoxy) is 1. The van der Waals surface area contributed by atoms with Gasteiger partial charge in [-0.3, -0.25) is 0 Å². The molecule has 0 radical (unpaired) electrons. The Morgan fingerprint density at radius 3 is 2.35 bits per heavy atom. The average Bonchev–Trinajstić information content (AvgIpc) is 2.89. The Kier molecular flexibility index (Phi) is 4.13. The lowest BCUT2D eigenvalue weighted by Crippen LogP contribution is -2.52. The molecule has 1 aliphatic heterocycles. The van der Waals surface area contributed by atoms with Crippen molar-refractivity contribution in [2.75, 3.05) is 6.61 Å². The molecule has 2 unspecified atom stereocenters. The molecule has 1 heterocycles. The second-order valence-electron chi connectivity index (χ2n) is 7.72. The first kappa shape index (κ1) is 14.8. The highest BCUT2D eigenvalue weighted by molar-refractivity contribution is 4.99. The second kappa shape index (κ2) is 5.58. The molecule has 116 valence electrons. The second-order valence-corrected chi connectivity index (χ2v) is 7.72. The molecule has 1 saturated heterocycles. The summed E-state index contributed by atoms with van der Waals surface area (Å²) in [5.41, 5.74) is -0.809. The minimum Gasteiger partial charge on any atom is -0.390 e. The van der Waals surface area contributed by atoms with Crippen LogP contribution in [0.1, 0.15) is 71.1 Å². The predicted octanol–water partition coefficient (Wildman–Crippen LogP) is 3.03. The van der Waals surface area contributed by atoms with Crippen molar-refractivity contribution in [1.82, 2.24) is 0 Å². The molecule has 3 rings (SSSR count). The van der Waals surface area contributed by atoms with E-state index in [9.17, 15) is 10.2 Å². The molecule has 20 heavy (non-hydrogen) atoms. The standard InChI is InChI=1S/C17H30O3/c1-13-4-9-17(19,10-5-13)15(18)14-6-11-20-16(12-14)7-2-3-8-16/h13-15,18-19H,2-12H2,1H3. The Labute approximate surface area is 122 Å². The van der Waals surface area contributed by atoms with Crippen LogP contribution in [0.15, 0.2) is 0 Å². The van der Waals surface area contributed by atoms with Crippen LogP contribution < -0.4 is 0 Å². The van der Waals surface area contributed by atoms with Crippen LogP contribution in [0.25, 0.3) is 0 Å². The molecule has 2 atom stereocenters.